The number of likely N-dealkylation sites (N-methyl/N-ethyl adjacent to an activating group) is 2. The van der Waals surface area contributed by atoms with Gasteiger partial charge < -0.3 is 20.1 Å². The summed E-state index contributed by atoms with van der Waals surface area (Å²) in [7, 11) is 1.92. The second-order valence-corrected chi connectivity index (χ2v) is 8.55. The Hall–Kier alpha value is -3.66. The van der Waals surface area contributed by atoms with Crippen molar-refractivity contribution in [1.29, 1.82) is 0 Å². The van der Waals surface area contributed by atoms with Gasteiger partial charge in [-0.3, -0.25) is 0 Å². The van der Waals surface area contributed by atoms with Crippen LogP contribution in [0.2, 0.25) is 0 Å². The average Bonchev–Trinajstić information content (AvgIpc) is 3.18. The van der Waals surface area contributed by atoms with E-state index in [1.165, 1.54) is 6.07 Å². The molecule has 3 heterocycles. The molecule has 0 aliphatic heterocycles. The first-order valence-electron chi connectivity index (χ1n) is 11.7. The van der Waals surface area contributed by atoms with Gasteiger partial charge in [0, 0.05) is 31.2 Å². The molecule has 0 amide bonds. The molecule has 8 nitrogen and oxygen atoms in total. The normalized spacial score (nSPS) is 11.4. The Morgan fingerprint density at radius 1 is 1.06 bits per heavy atom. The second kappa shape index (κ2) is 10.3. The molecule has 0 radical (unpaired) electrons. The zero-order valence-corrected chi connectivity index (χ0v) is 20.6. The fourth-order valence-corrected chi connectivity index (χ4v) is 4.17. The Kier molecular flexibility index (Phi) is 7.20. The number of nitrogens with one attached hydrogen (secondary N) is 2. The topological polar surface area (TPSA) is 83.8 Å². The Morgan fingerprint density at radius 2 is 1.86 bits per heavy atom. The molecule has 4 rings (SSSR count). The van der Waals surface area contributed by atoms with Gasteiger partial charge >= 0.3 is 0 Å². The van der Waals surface area contributed by atoms with Gasteiger partial charge in [-0.2, -0.15) is 0 Å². The highest BCUT2D eigenvalue weighted by atomic mass is 19.1. The first-order valence-corrected chi connectivity index (χ1v) is 11.7. The van der Waals surface area contributed by atoms with Crippen LogP contribution in [0.15, 0.2) is 36.7 Å². The Morgan fingerprint density at radius 3 is 2.51 bits per heavy atom. The number of aryl methyl sites for hydroxylation is 1. The van der Waals surface area contributed by atoms with Crippen molar-refractivity contribution < 1.29 is 8.78 Å². The van der Waals surface area contributed by atoms with Crippen molar-refractivity contribution >= 4 is 28.5 Å². The van der Waals surface area contributed by atoms with E-state index < -0.39 is 11.6 Å². The number of fused-ring (bicyclic) bond motifs is 1. The smallest absolute Gasteiger partial charge is 0.229 e. The third-order valence-electron chi connectivity index (χ3n) is 5.83. The van der Waals surface area contributed by atoms with Crippen molar-refractivity contribution in [2.24, 2.45) is 0 Å². The van der Waals surface area contributed by atoms with Gasteiger partial charge in [-0.15, -0.1) is 0 Å². The van der Waals surface area contributed by atoms with Crippen LogP contribution in [0.4, 0.5) is 26.2 Å². The van der Waals surface area contributed by atoms with Crippen LogP contribution in [0.25, 0.3) is 22.3 Å². The van der Waals surface area contributed by atoms with Crippen LogP contribution >= 0.6 is 0 Å². The Balaban J connectivity index is 1.64. The molecule has 4 aromatic rings. The molecule has 0 spiro atoms. The molecule has 0 unspecified atom stereocenters. The standard InChI is InChI=1S/C25H30F2N8/c1-6-34(10-9-28-5)18-7-8-22(29-13-18)32-25-30-14-20(27)23(33-25)17-11-19(26)24-21(12-17)35(15(2)3)16(4)31-24/h7-8,11-15,28H,6,9-10H2,1-5H3,(H,29,30,32,33). The molecular weight excluding hydrogens is 450 g/mol. The highest BCUT2D eigenvalue weighted by molar-refractivity contribution is 5.83. The lowest BCUT2D eigenvalue weighted by molar-refractivity contribution is 0.600. The lowest BCUT2D eigenvalue weighted by atomic mass is 10.1. The maximum atomic E-state index is 14.9. The zero-order chi connectivity index (χ0) is 25.1. The highest BCUT2D eigenvalue weighted by Crippen LogP contribution is 2.30. The molecule has 0 saturated heterocycles. The number of rotatable bonds is 9. The van der Waals surface area contributed by atoms with Gasteiger partial charge in [-0.1, -0.05) is 0 Å². The third kappa shape index (κ3) is 5.07. The minimum Gasteiger partial charge on any atom is -0.369 e. The van der Waals surface area contributed by atoms with Gasteiger partial charge in [-0.25, -0.2) is 28.7 Å². The molecule has 0 atom stereocenters. The summed E-state index contributed by atoms with van der Waals surface area (Å²) >= 11 is 0. The summed E-state index contributed by atoms with van der Waals surface area (Å²) in [5, 5.41) is 6.15. The molecule has 184 valence electrons. The zero-order valence-electron chi connectivity index (χ0n) is 20.6. The predicted octanol–water partition coefficient (Wildman–Crippen LogP) is 4.85. The number of hydrogen-bond donors (Lipinski definition) is 2. The fourth-order valence-electron chi connectivity index (χ4n) is 4.17. The summed E-state index contributed by atoms with van der Waals surface area (Å²) in [5.41, 5.74) is 2.16. The van der Waals surface area contributed by atoms with E-state index in [0.29, 0.717) is 22.7 Å². The number of anilines is 3. The van der Waals surface area contributed by atoms with E-state index in [0.717, 1.165) is 31.5 Å². The van der Waals surface area contributed by atoms with Crippen molar-refractivity contribution in [3.05, 3.63) is 54.1 Å². The minimum atomic E-state index is -0.645. The van der Waals surface area contributed by atoms with Crippen LogP contribution in [0.5, 0.6) is 0 Å². The van der Waals surface area contributed by atoms with Crippen LogP contribution in [-0.4, -0.2) is 51.2 Å². The van der Waals surface area contributed by atoms with Crippen LogP contribution < -0.4 is 15.5 Å². The summed E-state index contributed by atoms with van der Waals surface area (Å²) in [5.74, 6) is 0.208. The fraction of sp³-hybridized carbons (Fsp3) is 0.360. The molecule has 2 N–H and O–H groups in total. The first kappa shape index (κ1) is 24.5. The maximum absolute atomic E-state index is 14.9. The summed E-state index contributed by atoms with van der Waals surface area (Å²) in [6, 6.07) is 6.81. The quantitative estimate of drug-likeness (QED) is 0.354. The second-order valence-electron chi connectivity index (χ2n) is 8.55. The van der Waals surface area contributed by atoms with E-state index in [-0.39, 0.29) is 23.2 Å². The number of pyridine rings is 1. The van der Waals surface area contributed by atoms with Crippen LogP contribution in [0.3, 0.4) is 0 Å². The van der Waals surface area contributed by atoms with Crippen LogP contribution in [-0.2, 0) is 0 Å². The summed E-state index contributed by atoms with van der Waals surface area (Å²) in [6.45, 7) is 10.5. The van der Waals surface area contributed by atoms with Crippen molar-refractivity contribution in [1.82, 2.24) is 29.8 Å². The lowest BCUT2D eigenvalue weighted by Crippen LogP contribution is -2.30. The van der Waals surface area contributed by atoms with Crippen LogP contribution in [0, 0.1) is 18.6 Å². The van der Waals surface area contributed by atoms with E-state index in [1.54, 1.807) is 12.3 Å². The van der Waals surface area contributed by atoms with Crippen LogP contribution in [0.1, 0.15) is 32.6 Å². The molecule has 35 heavy (non-hydrogen) atoms. The van der Waals surface area contributed by atoms with E-state index >= 15 is 0 Å². The molecule has 0 fully saturated rings. The van der Waals surface area contributed by atoms with Gasteiger partial charge in [0.05, 0.1) is 23.6 Å². The number of hydrogen-bond acceptors (Lipinski definition) is 7. The van der Waals surface area contributed by atoms with Gasteiger partial charge in [-0.05, 0) is 59.0 Å². The van der Waals surface area contributed by atoms with Gasteiger partial charge in [0.25, 0.3) is 0 Å². The summed E-state index contributed by atoms with van der Waals surface area (Å²) in [4.78, 5) is 19.4. The summed E-state index contributed by atoms with van der Waals surface area (Å²) in [6.07, 6.45) is 2.84. The van der Waals surface area contributed by atoms with Gasteiger partial charge in [0.2, 0.25) is 5.95 Å². The van der Waals surface area contributed by atoms with Crippen molar-refractivity contribution in [2.45, 2.75) is 33.7 Å². The van der Waals surface area contributed by atoms with Crippen molar-refractivity contribution in [3.8, 4) is 11.3 Å². The van der Waals surface area contributed by atoms with Crippen molar-refractivity contribution in [3.63, 3.8) is 0 Å². The molecular formula is C25H30F2N8. The Bertz CT molecular complexity index is 1320. The van der Waals surface area contributed by atoms with E-state index in [1.807, 2.05) is 44.5 Å². The molecule has 3 aromatic heterocycles. The highest BCUT2D eigenvalue weighted by Gasteiger charge is 2.18. The van der Waals surface area contributed by atoms with Crippen molar-refractivity contribution in [2.75, 3.05) is 36.9 Å². The van der Waals surface area contributed by atoms with E-state index in [9.17, 15) is 8.78 Å². The molecule has 10 heteroatoms. The minimum absolute atomic E-state index is 0.00157. The Labute approximate surface area is 203 Å². The first-order chi connectivity index (χ1) is 16.8. The van der Waals surface area contributed by atoms with E-state index in [4.69, 9.17) is 0 Å². The lowest BCUT2D eigenvalue weighted by Gasteiger charge is -2.22. The summed E-state index contributed by atoms with van der Waals surface area (Å²) < 4.78 is 31.6. The molecule has 0 bridgehead atoms. The molecule has 0 aliphatic rings. The number of imidazole rings is 1. The largest absolute Gasteiger partial charge is 0.369 e. The predicted molar refractivity (Wildman–Crippen MR) is 135 cm³/mol. The number of benzene rings is 1. The average molecular weight is 481 g/mol. The number of nitrogens with zero attached hydrogens (tertiary/aromatic N) is 6. The van der Waals surface area contributed by atoms with Gasteiger partial charge in [0.1, 0.15) is 22.9 Å². The SMILES string of the molecule is CCN(CCNC)c1ccc(Nc2ncc(F)c(-c3cc(F)c4nc(C)n(C(C)C)c4c3)n2)nc1. The monoisotopic (exact) mass is 480 g/mol. The molecule has 0 aliphatic carbocycles. The van der Waals surface area contributed by atoms with E-state index in [2.05, 4.69) is 42.4 Å². The van der Waals surface area contributed by atoms with Gasteiger partial charge in [0.15, 0.2) is 11.6 Å². The molecule has 0 saturated carbocycles. The number of aromatic nitrogens is 5. The number of halogens is 2. The molecule has 1 aromatic carbocycles. The maximum Gasteiger partial charge on any atom is 0.229 e. The third-order valence-corrected chi connectivity index (χ3v) is 5.83.